The van der Waals surface area contributed by atoms with Crippen molar-refractivity contribution in [2.75, 3.05) is 0 Å². The molecule has 0 spiro atoms. The van der Waals surface area contributed by atoms with Crippen molar-refractivity contribution in [3.05, 3.63) is 33.4 Å². The van der Waals surface area contributed by atoms with Crippen LogP contribution in [0.2, 0.25) is 0 Å². The molecule has 0 saturated carbocycles. The summed E-state index contributed by atoms with van der Waals surface area (Å²) in [7, 11) is 0. The second-order valence-electron chi connectivity index (χ2n) is 2.40. The van der Waals surface area contributed by atoms with E-state index in [1.807, 2.05) is 29.7 Å². The van der Waals surface area contributed by atoms with Gasteiger partial charge in [0.2, 0.25) is 0 Å². The molecule has 0 radical (unpaired) electrons. The third-order valence-corrected chi connectivity index (χ3v) is 2.10. The first-order chi connectivity index (χ1) is 6.72. The molecule has 0 saturated heterocycles. The van der Waals surface area contributed by atoms with Gasteiger partial charge in [0.05, 0.1) is 6.21 Å². The lowest BCUT2D eigenvalue weighted by molar-refractivity contribution is 0.241. The van der Waals surface area contributed by atoms with Crippen LogP contribution in [0.1, 0.15) is 5.56 Å². The van der Waals surface area contributed by atoms with Gasteiger partial charge in [0, 0.05) is 3.57 Å². The maximum Gasteiger partial charge on any atom is 0.349 e. The molecular formula is C8H9IN4O. The molecule has 0 unspecified atom stereocenters. The van der Waals surface area contributed by atoms with Crippen molar-refractivity contribution in [2.45, 2.75) is 0 Å². The first kappa shape index (κ1) is 10.9. The lowest BCUT2D eigenvalue weighted by Crippen LogP contribution is -2.37. The standard InChI is InChI=1S/C8H9IN4O/c9-7-3-1-6(2-4-7)5-11-13-8(14)12-10/h1-5H,10H2,(H2,12,13,14)/b11-5-. The molecular weight excluding hydrogens is 295 g/mol. The third kappa shape index (κ3) is 3.71. The van der Waals surface area contributed by atoms with Gasteiger partial charge in [0.25, 0.3) is 0 Å². The van der Waals surface area contributed by atoms with Crippen molar-refractivity contribution < 1.29 is 4.79 Å². The van der Waals surface area contributed by atoms with Crippen LogP contribution in [-0.2, 0) is 0 Å². The first-order valence-corrected chi connectivity index (χ1v) is 4.85. The van der Waals surface area contributed by atoms with Crippen LogP contribution < -0.4 is 16.7 Å². The van der Waals surface area contributed by atoms with E-state index in [2.05, 4.69) is 33.1 Å². The van der Waals surface area contributed by atoms with Crippen molar-refractivity contribution >= 4 is 34.8 Å². The van der Waals surface area contributed by atoms with Crippen LogP contribution in [0.15, 0.2) is 29.4 Å². The Morgan fingerprint density at radius 2 is 2.07 bits per heavy atom. The van der Waals surface area contributed by atoms with E-state index in [9.17, 15) is 4.79 Å². The number of hydrazine groups is 1. The van der Waals surface area contributed by atoms with E-state index in [1.165, 1.54) is 6.21 Å². The quantitative estimate of drug-likeness (QED) is 0.248. The molecule has 14 heavy (non-hydrogen) atoms. The lowest BCUT2D eigenvalue weighted by Gasteiger charge is -1.96. The average molecular weight is 304 g/mol. The molecule has 0 bridgehead atoms. The van der Waals surface area contributed by atoms with Gasteiger partial charge in [-0.2, -0.15) is 5.10 Å². The molecule has 6 heteroatoms. The number of urea groups is 1. The van der Waals surface area contributed by atoms with Gasteiger partial charge in [-0.05, 0) is 40.3 Å². The number of benzene rings is 1. The summed E-state index contributed by atoms with van der Waals surface area (Å²) in [4.78, 5) is 10.6. The zero-order chi connectivity index (χ0) is 10.4. The normalized spacial score (nSPS) is 10.1. The summed E-state index contributed by atoms with van der Waals surface area (Å²) in [5.74, 6) is 4.83. The van der Waals surface area contributed by atoms with Gasteiger partial charge in [-0.25, -0.2) is 16.1 Å². The minimum Gasteiger partial charge on any atom is -0.274 e. The van der Waals surface area contributed by atoms with Gasteiger partial charge < -0.3 is 0 Å². The van der Waals surface area contributed by atoms with Crippen molar-refractivity contribution in [3.63, 3.8) is 0 Å². The van der Waals surface area contributed by atoms with E-state index < -0.39 is 6.03 Å². The Morgan fingerprint density at radius 3 is 2.64 bits per heavy atom. The van der Waals surface area contributed by atoms with Crippen molar-refractivity contribution in [2.24, 2.45) is 10.9 Å². The number of nitrogens with two attached hydrogens (primary N) is 1. The fraction of sp³-hybridized carbons (Fsp3) is 0. The Balaban J connectivity index is 2.52. The fourth-order valence-corrected chi connectivity index (χ4v) is 1.11. The molecule has 1 rings (SSSR count). The van der Waals surface area contributed by atoms with E-state index >= 15 is 0 Å². The van der Waals surface area contributed by atoms with E-state index in [1.54, 1.807) is 0 Å². The molecule has 0 aliphatic rings. The number of amides is 2. The molecule has 0 atom stereocenters. The number of nitrogens with one attached hydrogen (secondary N) is 2. The van der Waals surface area contributed by atoms with Gasteiger partial charge in [0.1, 0.15) is 0 Å². The van der Waals surface area contributed by atoms with Crippen molar-refractivity contribution in [3.8, 4) is 0 Å². The number of rotatable bonds is 2. The van der Waals surface area contributed by atoms with Crippen LogP contribution in [0.5, 0.6) is 0 Å². The second kappa shape index (κ2) is 5.55. The Kier molecular flexibility index (Phi) is 4.33. The Morgan fingerprint density at radius 1 is 1.43 bits per heavy atom. The number of hydrogen-bond donors (Lipinski definition) is 3. The van der Waals surface area contributed by atoms with Gasteiger partial charge >= 0.3 is 6.03 Å². The summed E-state index contributed by atoms with van der Waals surface area (Å²) < 4.78 is 1.15. The second-order valence-corrected chi connectivity index (χ2v) is 3.64. The summed E-state index contributed by atoms with van der Waals surface area (Å²) in [6.07, 6.45) is 1.53. The molecule has 4 N–H and O–H groups in total. The summed E-state index contributed by atoms with van der Waals surface area (Å²) in [6.45, 7) is 0. The minimum atomic E-state index is -0.549. The van der Waals surface area contributed by atoms with Gasteiger partial charge in [0.15, 0.2) is 0 Å². The van der Waals surface area contributed by atoms with Gasteiger partial charge in [-0.1, -0.05) is 12.1 Å². The fourth-order valence-electron chi connectivity index (χ4n) is 0.747. The van der Waals surface area contributed by atoms with E-state index in [0.29, 0.717) is 0 Å². The number of hydrogen-bond acceptors (Lipinski definition) is 3. The Hall–Kier alpha value is -1.15. The van der Waals surface area contributed by atoms with Gasteiger partial charge in [-0.3, -0.25) is 5.43 Å². The number of carbonyl (C=O) groups excluding carboxylic acids is 1. The maximum atomic E-state index is 10.6. The SMILES string of the molecule is NNC(=O)N/N=C\c1ccc(I)cc1. The van der Waals surface area contributed by atoms with Crippen LogP contribution in [-0.4, -0.2) is 12.2 Å². The van der Waals surface area contributed by atoms with Crippen LogP contribution in [0, 0.1) is 3.57 Å². The van der Waals surface area contributed by atoms with Crippen molar-refractivity contribution in [1.29, 1.82) is 0 Å². The predicted molar refractivity (Wildman–Crippen MR) is 62.6 cm³/mol. The highest BCUT2D eigenvalue weighted by Gasteiger charge is 1.91. The lowest BCUT2D eigenvalue weighted by atomic mass is 10.2. The van der Waals surface area contributed by atoms with E-state index in [-0.39, 0.29) is 0 Å². The highest BCUT2D eigenvalue weighted by atomic mass is 127. The van der Waals surface area contributed by atoms with E-state index in [4.69, 9.17) is 5.84 Å². The summed E-state index contributed by atoms with van der Waals surface area (Å²) in [6, 6.07) is 7.14. The molecule has 2 amide bonds. The molecule has 5 nitrogen and oxygen atoms in total. The molecule has 1 aromatic rings. The monoisotopic (exact) mass is 304 g/mol. The maximum absolute atomic E-state index is 10.6. The number of carbonyl (C=O) groups is 1. The molecule has 1 aromatic carbocycles. The summed E-state index contributed by atoms with van der Waals surface area (Å²) >= 11 is 2.21. The molecule has 0 fully saturated rings. The minimum absolute atomic E-state index is 0.549. The van der Waals surface area contributed by atoms with Crippen LogP contribution >= 0.6 is 22.6 Å². The smallest absolute Gasteiger partial charge is 0.274 e. The molecule has 0 aromatic heterocycles. The number of hydrazone groups is 1. The highest BCUT2D eigenvalue weighted by Crippen LogP contribution is 2.04. The van der Waals surface area contributed by atoms with Crippen LogP contribution in [0.3, 0.4) is 0 Å². The Bertz CT molecular complexity index is 336. The third-order valence-electron chi connectivity index (χ3n) is 1.38. The zero-order valence-electron chi connectivity index (χ0n) is 7.20. The molecule has 0 aliphatic heterocycles. The number of nitrogens with zero attached hydrogens (tertiary/aromatic N) is 1. The molecule has 74 valence electrons. The predicted octanol–water partition coefficient (Wildman–Crippen LogP) is 0.798. The summed E-state index contributed by atoms with van der Waals surface area (Å²) in [5, 5.41) is 3.67. The van der Waals surface area contributed by atoms with Crippen LogP contribution in [0.25, 0.3) is 0 Å². The topological polar surface area (TPSA) is 79.5 Å². The molecule has 0 heterocycles. The highest BCUT2D eigenvalue weighted by molar-refractivity contribution is 14.1. The van der Waals surface area contributed by atoms with Crippen LogP contribution in [0.4, 0.5) is 4.79 Å². The van der Waals surface area contributed by atoms with E-state index in [0.717, 1.165) is 9.13 Å². The largest absolute Gasteiger partial charge is 0.349 e. The number of halogens is 1. The van der Waals surface area contributed by atoms with Crippen molar-refractivity contribution in [1.82, 2.24) is 10.9 Å². The summed E-state index contributed by atoms with van der Waals surface area (Å²) in [5.41, 5.74) is 4.99. The first-order valence-electron chi connectivity index (χ1n) is 3.77. The Labute approximate surface area is 94.9 Å². The van der Waals surface area contributed by atoms with Gasteiger partial charge in [-0.15, -0.1) is 0 Å². The average Bonchev–Trinajstić information content (AvgIpc) is 2.21. The molecule has 0 aliphatic carbocycles. The zero-order valence-corrected chi connectivity index (χ0v) is 9.36.